The van der Waals surface area contributed by atoms with Crippen LogP contribution in [0.5, 0.6) is 5.75 Å². The summed E-state index contributed by atoms with van der Waals surface area (Å²) < 4.78 is 44.4. The van der Waals surface area contributed by atoms with Gasteiger partial charge in [0, 0.05) is 7.05 Å². The van der Waals surface area contributed by atoms with Crippen LogP contribution < -0.4 is 10.1 Å². The first-order valence-corrected chi connectivity index (χ1v) is 8.05. The van der Waals surface area contributed by atoms with Crippen LogP contribution in [0.1, 0.15) is 0 Å². The van der Waals surface area contributed by atoms with Crippen molar-refractivity contribution in [2.45, 2.75) is 6.36 Å². The lowest BCUT2D eigenvalue weighted by molar-refractivity contribution is -0.274. The Morgan fingerprint density at radius 3 is 2.72 bits per heavy atom. The number of halogens is 3. The zero-order chi connectivity index (χ0) is 17.6. The number of hydrogen-bond acceptors (Lipinski definition) is 5. The Morgan fingerprint density at radius 1 is 1.12 bits per heavy atom. The molecule has 2 aromatic carbocycles. The van der Waals surface area contributed by atoms with E-state index in [1.807, 2.05) is 23.7 Å². The van der Waals surface area contributed by atoms with Crippen molar-refractivity contribution in [3.8, 4) is 5.75 Å². The lowest BCUT2D eigenvalue weighted by atomic mass is 10.3. The van der Waals surface area contributed by atoms with Crippen LogP contribution in [-0.4, -0.2) is 20.9 Å². The molecule has 2 heterocycles. The highest BCUT2D eigenvalue weighted by Crippen LogP contribution is 2.36. The Balaban J connectivity index is 1.73. The first-order valence-electron chi connectivity index (χ1n) is 7.23. The molecule has 0 amide bonds. The van der Waals surface area contributed by atoms with E-state index >= 15 is 0 Å². The predicted molar refractivity (Wildman–Crippen MR) is 90.3 cm³/mol. The molecule has 0 atom stereocenters. The molecule has 25 heavy (non-hydrogen) atoms. The molecule has 2 aromatic heterocycles. The van der Waals surface area contributed by atoms with Gasteiger partial charge >= 0.3 is 6.36 Å². The molecule has 0 saturated carbocycles. The van der Waals surface area contributed by atoms with Gasteiger partial charge in [-0.3, -0.25) is 0 Å². The second kappa shape index (κ2) is 5.62. The number of imidazole rings is 1. The number of nitrogens with one attached hydrogen (secondary N) is 1. The van der Waals surface area contributed by atoms with Crippen molar-refractivity contribution in [2.75, 3.05) is 5.32 Å². The molecule has 0 aliphatic heterocycles. The number of thiazole rings is 1. The van der Waals surface area contributed by atoms with E-state index in [4.69, 9.17) is 0 Å². The summed E-state index contributed by atoms with van der Waals surface area (Å²) in [6, 6.07) is 9.70. The molecule has 4 rings (SSSR count). The molecule has 0 radical (unpaired) electrons. The second-order valence-electron chi connectivity index (χ2n) is 5.32. The highest BCUT2D eigenvalue weighted by atomic mass is 32.1. The summed E-state index contributed by atoms with van der Waals surface area (Å²) in [5.74, 6) is -0.308. The number of fused-ring (bicyclic) bond motifs is 3. The van der Waals surface area contributed by atoms with Crippen molar-refractivity contribution in [1.29, 1.82) is 0 Å². The lowest BCUT2D eigenvalue weighted by Crippen LogP contribution is -2.17. The smallest absolute Gasteiger partial charge is 0.404 e. The third kappa shape index (κ3) is 2.98. The molecule has 0 aliphatic rings. The molecule has 5 nitrogen and oxygen atoms in total. The van der Waals surface area contributed by atoms with Crippen LogP contribution in [-0.2, 0) is 7.05 Å². The molecule has 1 N–H and O–H groups in total. The van der Waals surface area contributed by atoms with E-state index in [9.17, 15) is 13.2 Å². The van der Waals surface area contributed by atoms with Gasteiger partial charge in [-0.15, -0.1) is 13.2 Å². The van der Waals surface area contributed by atoms with Gasteiger partial charge in [0.25, 0.3) is 0 Å². The Morgan fingerprint density at radius 2 is 1.92 bits per heavy atom. The Kier molecular flexibility index (Phi) is 3.53. The van der Waals surface area contributed by atoms with Crippen molar-refractivity contribution in [3.05, 3.63) is 42.7 Å². The number of anilines is 2. The van der Waals surface area contributed by atoms with Crippen molar-refractivity contribution >= 4 is 43.4 Å². The highest BCUT2D eigenvalue weighted by Gasteiger charge is 2.32. The zero-order valence-electron chi connectivity index (χ0n) is 12.8. The van der Waals surface area contributed by atoms with E-state index in [0.717, 1.165) is 15.7 Å². The Bertz CT molecular complexity index is 1070. The molecule has 9 heteroatoms. The summed E-state index contributed by atoms with van der Waals surface area (Å²) >= 11 is 1.33. The highest BCUT2D eigenvalue weighted by molar-refractivity contribution is 7.22. The summed E-state index contributed by atoms with van der Waals surface area (Å²) in [5, 5.41) is 3.37. The third-order valence-corrected chi connectivity index (χ3v) is 4.54. The fraction of sp³-hybridized carbons (Fsp3) is 0.125. The number of hydrogen-bond donors (Lipinski definition) is 1. The molecule has 0 unspecified atom stereocenters. The summed E-state index contributed by atoms with van der Waals surface area (Å²) in [5.41, 5.74) is 2.59. The number of aryl methyl sites for hydroxylation is 1. The Hall–Kier alpha value is -2.81. The molecule has 128 valence electrons. The number of rotatable bonds is 3. The molecule has 0 bridgehead atoms. The number of benzene rings is 2. The average molecular weight is 364 g/mol. The minimum absolute atomic E-state index is 0.191. The minimum Gasteiger partial charge on any atom is -0.404 e. The van der Waals surface area contributed by atoms with Crippen LogP contribution in [0.4, 0.5) is 24.0 Å². The van der Waals surface area contributed by atoms with Gasteiger partial charge in [0.2, 0.25) is 0 Å². The number of ether oxygens (including phenoxy) is 1. The largest absolute Gasteiger partial charge is 0.573 e. The van der Waals surface area contributed by atoms with E-state index in [2.05, 4.69) is 20.0 Å². The normalized spacial score (nSPS) is 12.0. The van der Waals surface area contributed by atoms with Crippen LogP contribution in [0.3, 0.4) is 0 Å². The van der Waals surface area contributed by atoms with E-state index < -0.39 is 6.36 Å². The third-order valence-electron chi connectivity index (χ3n) is 3.61. The number of nitrogens with zero attached hydrogens (tertiary/aromatic N) is 3. The maximum atomic E-state index is 12.5. The molecule has 0 fully saturated rings. The van der Waals surface area contributed by atoms with Crippen LogP contribution in [0.25, 0.3) is 21.3 Å². The van der Waals surface area contributed by atoms with Gasteiger partial charge in [0.1, 0.15) is 11.0 Å². The minimum atomic E-state index is -4.76. The summed E-state index contributed by atoms with van der Waals surface area (Å²) in [7, 11) is 1.89. The first kappa shape index (κ1) is 15.7. The summed E-state index contributed by atoms with van der Waals surface area (Å²) in [4.78, 5) is 8.82. The number of alkyl halides is 3. The topological polar surface area (TPSA) is 52.0 Å². The van der Waals surface area contributed by atoms with E-state index in [1.165, 1.54) is 29.5 Å². The van der Waals surface area contributed by atoms with Crippen molar-refractivity contribution in [1.82, 2.24) is 14.5 Å². The van der Waals surface area contributed by atoms with Crippen LogP contribution >= 0.6 is 11.3 Å². The number of para-hydroxylation sites is 2. The second-order valence-corrected chi connectivity index (χ2v) is 6.35. The maximum Gasteiger partial charge on any atom is 0.573 e. The number of aromatic nitrogens is 3. The van der Waals surface area contributed by atoms with Gasteiger partial charge < -0.3 is 14.6 Å². The van der Waals surface area contributed by atoms with Crippen LogP contribution in [0, 0.1) is 0 Å². The Labute approximate surface area is 143 Å². The lowest BCUT2D eigenvalue weighted by Gasteiger charge is -2.13. The van der Waals surface area contributed by atoms with Crippen molar-refractivity contribution < 1.29 is 17.9 Å². The monoisotopic (exact) mass is 364 g/mol. The first-order chi connectivity index (χ1) is 11.9. The quantitative estimate of drug-likeness (QED) is 0.566. The van der Waals surface area contributed by atoms with E-state index in [1.54, 1.807) is 12.4 Å². The SMILES string of the molecule is Cn1cnc2c3nc(Nc4ccccc4OC(F)(F)F)sc3ccc21. The molecule has 0 spiro atoms. The molecule has 0 aliphatic carbocycles. The van der Waals surface area contributed by atoms with Gasteiger partial charge in [0.15, 0.2) is 10.9 Å². The summed E-state index contributed by atoms with van der Waals surface area (Å²) in [6.07, 6.45) is -3.06. The average Bonchev–Trinajstić information content (AvgIpc) is 3.11. The molecule has 4 aromatic rings. The molecular weight excluding hydrogens is 353 g/mol. The fourth-order valence-electron chi connectivity index (χ4n) is 2.54. The van der Waals surface area contributed by atoms with Crippen molar-refractivity contribution in [2.24, 2.45) is 7.05 Å². The fourth-order valence-corrected chi connectivity index (χ4v) is 3.42. The predicted octanol–water partition coefficient (Wildman–Crippen LogP) is 4.83. The van der Waals surface area contributed by atoms with Crippen molar-refractivity contribution in [3.63, 3.8) is 0 Å². The van der Waals surface area contributed by atoms with Gasteiger partial charge in [-0.25, -0.2) is 9.97 Å². The maximum absolute atomic E-state index is 12.5. The van der Waals surface area contributed by atoms with Crippen LogP contribution in [0.2, 0.25) is 0 Å². The van der Waals surface area contributed by atoms with E-state index in [-0.39, 0.29) is 11.4 Å². The summed E-state index contributed by atoms with van der Waals surface area (Å²) in [6.45, 7) is 0. The molecule has 0 saturated heterocycles. The van der Waals surface area contributed by atoms with Gasteiger partial charge in [-0.1, -0.05) is 23.5 Å². The standard InChI is InChI=1S/C16H11F3N4OS/c1-23-8-20-13-10(23)6-7-12-14(13)22-15(25-12)21-9-4-2-3-5-11(9)24-16(17,18)19/h2-8H,1H3,(H,21,22). The van der Waals surface area contributed by atoms with Crippen LogP contribution in [0.15, 0.2) is 42.7 Å². The van der Waals surface area contributed by atoms with Gasteiger partial charge in [-0.2, -0.15) is 0 Å². The van der Waals surface area contributed by atoms with Gasteiger partial charge in [-0.05, 0) is 24.3 Å². The zero-order valence-corrected chi connectivity index (χ0v) is 13.6. The van der Waals surface area contributed by atoms with E-state index in [0.29, 0.717) is 10.6 Å². The molecular formula is C16H11F3N4OS. The van der Waals surface area contributed by atoms with Gasteiger partial charge in [0.05, 0.1) is 22.2 Å².